The van der Waals surface area contributed by atoms with E-state index in [4.69, 9.17) is 17.3 Å². The van der Waals surface area contributed by atoms with Gasteiger partial charge in [-0.3, -0.25) is 24.2 Å². The number of fused-ring (bicyclic) bond motifs is 3. The van der Waals surface area contributed by atoms with Gasteiger partial charge in [0.25, 0.3) is 5.91 Å². The summed E-state index contributed by atoms with van der Waals surface area (Å²) >= 11 is 6.60. The van der Waals surface area contributed by atoms with Crippen molar-refractivity contribution in [2.24, 2.45) is 17.6 Å². The molecule has 1 aromatic carbocycles. The van der Waals surface area contributed by atoms with Crippen LogP contribution >= 0.6 is 11.6 Å². The van der Waals surface area contributed by atoms with Crippen LogP contribution in [0.3, 0.4) is 0 Å². The second kappa shape index (κ2) is 8.70. The number of rotatable bonds is 4. The van der Waals surface area contributed by atoms with E-state index in [2.05, 4.69) is 0 Å². The number of phenolic OH excluding ortho intramolecular Hbond substituents is 1. The number of aromatic hydroxyl groups is 1. The molecule has 0 spiro atoms. The molecule has 6 N–H and O–H groups in total. The van der Waals surface area contributed by atoms with E-state index in [1.807, 2.05) is 17.1 Å². The van der Waals surface area contributed by atoms with Gasteiger partial charge in [-0.25, -0.2) is 0 Å². The molecular weight excluding hydrogens is 502 g/mol. The number of likely N-dealkylation sites (N-methyl/N-ethyl adjacent to an activating group) is 1. The van der Waals surface area contributed by atoms with Crippen LogP contribution in [0, 0.1) is 11.8 Å². The highest BCUT2D eigenvalue weighted by atomic mass is 35.5. The lowest BCUT2D eigenvalue weighted by Gasteiger charge is -2.50. The SMILES string of the molecule is CN(C)[C@@H]1C(O)=C(C(N)=O)C(=O)[C@@]2(O)C(O)=C3C(=O)c4c(O)c(CN5CC=CC5)cc(Cl)c4CC3CC12. The van der Waals surface area contributed by atoms with Crippen LogP contribution in [0.15, 0.2) is 40.9 Å². The van der Waals surface area contributed by atoms with Crippen molar-refractivity contribution in [3.8, 4) is 5.75 Å². The van der Waals surface area contributed by atoms with Gasteiger partial charge >= 0.3 is 0 Å². The van der Waals surface area contributed by atoms with Gasteiger partial charge in [-0.05, 0) is 44.5 Å². The third-order valence-corrected chi connectivity index (χ3v) is 8.37. The minimum atomic E-state index is -2.66. The highest BCUT2D eigenvalue weighted by molar-refractivity contribution is 6.33. The van der Waals surface area contributed by atoms with Gasteiger partial charge in [0.15, 0.2) is 11.4 Å². The number of ketones is 2. The summed E-state index contributed by atoms with van der Waals surface area (Å²) in [5.74, 6) is -6.76. The number of benzene rings is 1. The Bertz CT molecular complexity index is 1340. The molecule has 0 saturated carbocycles. The molecule has 37 heavy (non-hydrogen) atoms. The van der Waals surface area contributed by atoms with Crippen LogP contribution in [0.2, 0.25) is 5.02 Å². The van der Waals surface area contributed by atoms with Crippen LogP contribution in [-0.4, -0.2) is 86.5 Å². The summed E-state index contributed by atoms with van der Waals surface area (Å²) in [4.78, 5) is 42.7. The highest BCUT2D eigenvalue weighted by Crippen LogP contribution is 2.53. The van der Waals surface area contributed by atoms with Crippen LogP contribution in [-0.2, 0) is 22.6 Å². The fraction of sp³-hybridized carbons (Fsp3) is 0.423. The Morgan fingerprint density at radius 1 is 1.22 bits per heavy atom. The number of phenols is 1. The van der Waals surface area contributed by atoms with Crippen molar-refractivity contribution in [1.29, 1.82) is 0 Å². The fourth-order valence-electron chi connectivity index (χ4n) is 6.34. The minimum absolute atomic E-state index is 0.0179. The monoisotopic (exact) mass is 529 g/mol. The zero-order valence-electron chi connectivity index (χ0n) is 20.4. The Morgan fingerprint density at radius 2 is 1.86 bits per heavy atom. The van der Waals surface area contributed by atoms with E-state index in [1.54, 1.807) is 20.2 Å². The molecule has 196 valence electrons. The number of Topliss-reactive ketones (excluding diaryl/α,β-unsaturated/α-hetero) is 2. The second-order valence-electron chi connectivity index (χ2n) is 10.3. The maximum absolute atomic E-state index is 13.8. The van der Waals surface area contributed by atoms with E-state index in [1.165, 1.54) is 4.90 Å². The van der Waals surface area contributed by atoms with Crippen LogP contribution in [0.25, 0.3) is 0 Å². The third kappa shape index (κ3) is 3.54. The van der Waals surface area contributed by atoms with Crippen molar-refractivity contribution >= 4 is 29.1 Å². The van der Waals surface area contributed by atoms with E-state index in [9.17, 15) is 34.8 Å². The Morgan fingerprint density at radius 3 is 2.46 bits per heavy atom. The highest BCUT2D eigenvalue weighted by Gasteiger charge is 2.63. The summed E-state index contributed by atoms with van der Waals surface area (Å²) in [6.45, 7) is 1.71. The molecule has 1 heterocycles. The van der Waals surface area contributed by atoms with E-state index in [-0.39, 0.29) is 29.7 Å². The molecule has 0 radical (unpaired) electrons. The normalized spacial score (nSPS) is 29.6. The molecule has 0 saturated heterocycles. The second-order valence-corrected chi connectivity index (χ2v) is 10.8. The van der Waals surface area contributed by atoms with Crippen molar-refractivity contribution in [3.05, 3.63) is 62.6 Å². The average molecular weight is 530 g/mol. The number of carbonyl (C=O) groups is 3. The first-order valence-corrected chi connectivity index (χ1v) is 12.3. The van der Waals surface area contributed by atoms with Crippen molar-refractivity contribution in [2.75, 3.05) is 27.2 Å². The molecule has 0 aromatic heterocycles. The summed E-state index contributed by atoms with van der Waals surface area (Å²) in [7, 11) is 3.17. The summed E-state index contributed by atoms with van der Waals surface area (Å²) in [5, 5.41) is 45.2. The number of allylic oxidation sites excluding steroid dienone is 1. The summed E-state index contributed by atoms with van der Waals surface area (Å²) in [6.07, 6.45) is 4.16. The maximum Gasteiger partial charge on any atom is 0.255 e. The quantitative estimate of drug-likeness (QED) is 0.284. The van der Waals surface area contributed by atoms with Crippen LogP contribution in [0.4, 0.5) is 0 Å². The Hall–Kier alpha value is -3.18. The molecule has 1 aliphatic heterocycles. The molecule has 1 amide bonds. The number of halogens is 1. The van der Waals surface area contributed by atoms with Gasteiger partial charge in [-0.2, -0.15) is 0 Å². The first-order chi connectivity index (χ1) is 17.4. The molecular formula is C26H28ClN3O7. The average Bonchev–Trinajstić information content (AvgIpc) is 3.32. The Kier molecular flexibility index (Phi) is 5.99. The number of hydrogen-bond donors (Lipinski definition) is 5. The smallest absolute Gasteiger partial charge is 0.255 e. The lowest BCUT2D eigenvalue weighted by atomic mass is 9.58. The lowest BCUT2D eigenvalue weighted by Crippen LogP contribution is -2.63. The minimum Gasteiger partial charge on any atom is -0.510 e. The fourth-order valence-corrected chi connectivity index (χ4v) is 6.64. The van der Waals surface area contributed by atoms with Gasteiger partial charge in [0, 0.05) is 41.7 Å². The van der Waals surface area contributed by atoms with Gasteiger partial charge < -0.3 is 26.2 Å². The van der Waals surface area contributed by atoms with Crippen molar-refractivity contribution < 1.29 is 34.8 Å². The molecule has 0 bridgehead atoms. The van der Waals surface area contributed by atoms with Gasteiger partial charge in [0.2, 0.25) is 5.78 Å². The maximum atomic E-state index is 13.8. The molecule has 4 atom stereocenters. The predicted molar refractivity (Wildman–Crippen MR) is 133 cm³/mol. The lowest BCUT2D eigenvalue weighted by molar-refractivity contribution is -0.148. The van der Waals surface area contributed by atoms with Crippen molar-refractivity contribution in [3.63, 3.8) is 0 Å². The number of primary amides is 1. The van der Waals surface area contributed by atoms with E-state index in [0.29, 0.717) is 35.8 Å². The first-order valence-electron chi connectivity index (χ1n) is 11.9. The van der Waals surface area contributed by atoms with Gasteiger partial charge in [-0.1, -0.05) is 23.8 Å². The van der Waals surface area contributed by atoms with Crippen LogP contribution in [0.5, 0.6) is 5.75 Å². The topological polar surface area (TPSA) is 165 Å². The number of hydrogen-bond acceptors (Lipinski definition) is 9. The molecule has 1 aromatic rings. The third-order valence-electron chi connectivity index (χ3n) is 8.03. The molecule has 4 aliphatic rings. The summed E-state index contributed by atoms with van der Waals surface area (Å²) in [5.41, 5.74) is 2.44. The van der Waals surface area contributed by atoms with Crippen molar-refractivity contribution in [1.82, 2.24) is 9.80 Å². The number of amides is 1. The number of aliphatic hydroxyl groups is 3. The number of nitrogens with zero attached hydrogens (tertiary/aromatic N) is 2. The van der Waals surface area contributed by atoms with Gasteiger partial charge in [0.1, 0.15) is 22.8 Å². The van der Waals surface area contributed by atoms with E-state index >= 15 is 0 Å². The molecule has 0 fully saturated rings. The summed E-state index contributed by atoms with van der Waals surface area (Å²) < 4.78 is 0. The van der Waals surface area contributed by atoms with E-state index < -0.39 is 58.0 Å². The number of nitrogens with two attached hydrogens (primary N) is 1. The van der Waals surface area contributed by atoms with Gasteiger partial charge in [-0.15, -0.1) is 0 Å². The standard InChI is InChI=1S/C26H28ClN3O7/c1-29(2)19-14-8-11-7-13-15(27)9-12(10-30-5-3-4-6-30)20(31)17(13)21(32)16(11)23(34)26(14,37)24(35)18(22(19)33)25(28)36/h3-4,9,11,14,19,31,33-34,37H,5-8,10H2,1-2H3,(H2,28,36)/t11?,14?,19-,26-/m0/s1. The molecule has 3 aliphatic carbocycles. The molecule has 2 unspecified atom stereocenters. The zero-order valence-corrected chi connectivity index (χ0v) is 21.1. The number of aliphatic hydroxyl groups excluding tert-OH is 2. The Balaban J connectivity index is 1.66. The largest absolute Gasteiger partial charge is 0.510 e. The van der Waals surface area contributed by atoms with Crippen LogP contribution < -0.4 is 5.73 Å². The first kappa shape index (κ1) is 25.5. The predicted octanol–water partition coefficient (Wildman–Crippen LogP) is 1.15. The van der Waals surface area contributed by atoms with Gasteiger partial charge in [0.05, 0.1) is 11.6 Å². The van der Waals surface area contributed by atoms with Crippen LogP contribution in [0.1, 0.15) is 27.9 Å². The molecule has 5 rings (SSSR count). The zero-order chi connectivity index (χ0) is 27.0. The van der Waals surface area contributed by atoms with Crippen molar-refractivity contribution in [2.45, 2.75) is 31.0 Å². The molecule has 10 nitrogen and oxygen atoms in total. The summed E-state index contributed by atoms with van der Waals surface area (Å²) in [6, 6.07) is 0.598. The molecule has 11 heteroatoms. The Labute approximate surface area is 217 Å². The number of carbonyl (C=O) groups excluding carboxylic acids is 3. The van der Waals surface area contributed by atoms with E-state index in [0.717, 1.165) is 0 Å².